The Labute approximate surface area is 133 Å². The molecule has 0 saturated heterocycles. The monoisotopic (exact) mass is 326 g/mol. The number of para-hydroxylation sites is 1. The molecule has 0 bridgehead atoms. The zero-order valence-corrected chi connectivity index (χ0v) is 13.9. The minimum atomic E-state index is -0.846. The zero-order valence-electron chi connectivity index (χ0n) is 12.3. The maximum Gasteiger partial charge on any atom is 0.313 e. The Balaban J connectivity index is 2.45. The molecule has 0 aliphatic heterocycles. The quantitative estimate of drug-likeness (QED) is 0.810. The van der Waals surface area contributed by atoms with Gasteiger partial charge in [0.15, 0.2) is 5.16 Å². The topological polar surface area (TPSA) is 55.1 Å². The molecule has 2 aromatic rings. The molecular formula is C15H19ClN2O2S. The first-order valence-corrected chi connectivity index (χ1v) is 8.25. The van der Waals surface area contributed by atoms with Crippen molar-refractivity contribution < 1.29 is 9.90 Å². The van der Waals surface area contributed by atoms with Crippen molar-refractivity contribution in [2.24, 2.45) is 11.8 Å². The minimum absolute atomic E-state index is 0.00298. The molecule has 1 N–H and O–H groups in total. The van der Waals surface area contributed by atoms with Crippen LogP contribution in [0.25, 0.3) is 11.0 Å². The van der Waals surface area contributed by atoms with E-state index in [0.29, 0.717) is 22.0 Å². The Bertz CT molecular complexity index is 654. The molecule has 4 nitrogen and oxygen atoms in total. The van der Waals surface area contributed by atoms with Crippen LogP contribution in [0.15, 0.2) is 23.4 Å². The van der Waals surface area contributed by atoms with Gasteiger partial charge in [-0.3, -0.25) is 4.79 Å². The largest absolute Gasteiger partial charge is 0.481 e. The summed E-state index contributed by atoms with van der Waals surface area (Å²) >= 11 is 7.55. The van der Waals surface area contributed by atoms with Gasteiger partial charge < -0.3 is 9.67 Å². The summed E-state index contributed by atoms with van der Waals surface area (Å²) in [6.07, 6.45) is 0. The smallest absolute Gasteiger partial charge is 0.313 e. The number of aliphatic carboxylic acids is 1. The van der Waals surface area contributed by atoms with Crippen molar-refractivity contribution in [1.82, 2.24) is 9.55 Å². The van der Waals surface area contributed by atoms with Gasteiger partial charge in [0.05, 0.1) is 21.8 Å². The van der Waals surface area contributed by atoms with E-state index in [-0.39, 0.29) is 5.75 Å². The van der Waals surface area contributed by atoms with Crippen LogP contribution in [0.4, 0.5) is 0 Å². The van der Waals surface area contributed by atoms with Crippen LogP contribution in [-0.2, 0) is 11.3 Å². The molecule has 0 fully saturated rings. The Morgan fingerprint density at radius 1 is 1.43 bits per heavy atom. The highest BCUT2D eigenvalue weighted by Crippen LogP contribution is 2.30. The molecule has 1 aromatic carbocycles. The fraction of sp³-hybridized carbons (Fsp3) is 0.467. The van der Waals surface area contributed by atoms with Crippen LogP contribution in [0.3, 0.4) is 0 Å². The number of rotatable bonds is 6. The molecule has 0 amide bonds. The predicted octanol–water partition coefficient (Wildman–Crippen LogP) is 4.16. The molecule has 0 saturated carbocycles. The molecule has 1 heterocycles. The van der Waals surface area contributed by atoms with Crippen LogP contribution < -0.4 is 0 Å². The molecule has 1 atom stereocenters. The predicted molar refractivity (Wildman–Crippen MR) is 87.1 cm³/mol. The van der Waals surface area contributed by atoms with E-state index in [0.717, 1.165) is 17.6 Å². The number of fused-ring (bicyclic) bond motifs is 1. The third-order valence-electron chi connectivity index (χ3n) is 3.62. The highest BCUT2D eigenvalue weighted by Gasteiger charge is 2.18. The summed E-state index contributed by atoms with van der Waals surface area (Å²) in [5, 5.41) is 10.2. The number of halogens is 1. The van der Waals surface area contributed by atoms with Gasteiger partial charge in [-0.25, -0.2) is 4.98 Å². The summed E-state index contributed by atoms with van der Waals surface area (Å²) in [6, 6.07) is 5.61. The number of imidazole rings is 1. The maximum atomic E-state index is 10.8. The van der Waals surface area contributed by atoms with E-state index >= 15 is 0 Å². The first-order valence-electron chi connectivity index (χ1n) is 6.89. The normalized spacial score (nSPS) is 13.0. The summed E-state index contributed by atoms with van der Waals surface area (Å²) in [6.45, 7) is 7.31. The molecular weight excluding hydrogens is 308 g/mol. The number of benzene rings is 1. The number of carbonyl (C=O) groups is 1. The third-order valence-corrected chi connectivity index (χ3v) is 4.88. The fourth-order valence-corrected chi connectivity index (χ4v) is 3.03. The molecule has 0 radical (unpaired) electrons. The third kappa shape index (κ3) is 3.71. The summed E-state index contributed by atoms with van der Waals surface area (Å²) in [5.74, 6) is 0.128. The standard InChI is InChI=1S/C15H19ClN2O2S/c1-9(2)10(3)7-18-14-11(16)5-4-6-12(14)17-15(18)21-8-13(19)20/h4-6,9-10H,7-8H2,1-3H3,(H,19,20). The number of carboxylic acids is 1. The van der Waals surface area contributed by atoms with Crippen molar-refractivity contribution in [2.75, 3.05) is 5.75 Å². The Hall–Kier alpha value is -1.20. The van der Waals surface area contributed by atoms with E-state index in [1.54, 1.807) is 0 Å². The number of nitrogens with zero attached hydrogens (tertiary/aromatic N) is 2. The number of hydrogen-bond acceptors (Lipinski definition) is 3. The van der Waals surface area contributed by atoms with Gasteiger partial charge in [0, 0.05) is 6.54 Å². The van der Waals surface area contributed by atoms with Crippen LogP contribution in [0, 0.1) is 11.8 Å². The van der Waals surface area contributed by atoms with Crippen LogP contribution >= 0.6 is 23.4 Å². The number of thioether (sulfide) groups is 1. The van der Waals surface area contributed by atoms with Crippen LogP contribution in [0.2, 0.25) is 5.02 Å². The number of carboxylic acid groups (broad SMARTS) is 1. The van der Waals surface area contributed by atoms with Gasteiger partial charge in [-0.05, 0) is 24.0 Å². The second-order valence-corrected chi connectivity index (χ2v) is 6.87. The Morgan fingerprint density at radius 2 is 2.14 bits per heavy atom. The Morgan fingerprint density at radius 3 is 2.76 bits per heavy atom. The lowest BCUT2D eigenvalue weighted by atomic mass is 9.98. The summed E-state index contributed by atoms with van der Waals surface area (Å²) in [4.78, 5) is 15.3. The lowest BCUT2D eigenvalue weighted by Crippen LogP contribution is -2.14. The molecule has 2 rings (SSSR count). The maximum absolute atomic E-state index is 10.8. The molecule has 6 heteroatoms. The molecule has 0 spiro atoms. The highest BCUT2D eigenvalue weighted by atomic mass is 35.5. The van der Waals surface area contributed by atoms with Crippen LogP contribution in [0.5, 0.6) is 0 Å². The van der Waals surface area contributed by atoms with Gasteiger partial charge in [0.25, 0.3) is 0 Å². The zero-order chi connectivity index (χ0) is 15.6. The van der Waals surface area contributed by atoms with Crippen LogP contribution in [0.1, 0.15) is 20.8 Å². The molecule has 0 aliphatic rings. The summed E-state index contributed by atoms with van der Waals surface area (Å²) in [7, 11) is 0. The van der Waals surface area contributed by atoms with E-state index < -0.39 is 5.97 Å². The molecule has 0 aliphatic carbocycles. The van der Waals surface area contributed by atoms with E-state index in [2.05, 4.69) is 30.3 Å². The van der Waals surface area contributed by atoms with Gasteiger partial charge in [0.2, 0.25) is 0 Å². The minimum Gasteiger partial charge on any atom is -0.481 e. The highest BCUT2D eigenvalue weighted by molar-refractivity contribution is 7.99. The van der Waals surface area contributed by atoms with Gasteiger partial charge in [-0.1, -0.05) is 50.2 Å². The average Bonchev–Trinajstić information content (AvgIpc) is 2.75. The van der Waals surface area contributed by atoms with Gasteiger partial charge in [0.1, 0.15) is 0 Å². The molecule has 21 heavy (non-hydrogen) atoms. The van der Waals surface area contributed by atoms with Gasteiger partial charge in [-0.2, -0.15) is 0 Å². The van der Waals surface area contributed by atoms with Gasteiger partial charge >= 0.3 is 5.97 Å². The molecule has 1 unspecified atom stereocenters. The second kappa shape index (κ2) is 6.71. The fourth-order valence-electron chi connectivity index (χ4n) is 2.03. The van der Waals surface area contributed by atoms with Crippen molar-refractivity contribution >= 4 is 40.4 Å². The Kier molecular flexibility index (Phi) is 5.17. The average molecular weight is 327 g/mol. The lowest BCUT2D eigenvalue weighted by Gasteiger charge is -2.18. The van der Waals surface area contributed by atoms with Crippen molar-refractivity contribution in [1.29, 1.82) is 0 Å². The second-order valence-electron chi connectivity index (χ2n) is 5.52. The molecule has 114 valence electrons. The first-order chi connectivity index (χ1) is 9.90. The van der Waals surface area contributed by atoms with Crippen molar-refractivity contribution in [3.05, 3.63) is 23.2 Å². The number of hydrogen-bond donors (Lipinski definition) is 1. The summed E-state index contributed by atoms with van der Waals surface area (Å²) < 4.78 is 2.05. The van der Waals surface area contributed by atoms with E-state index in [4.69, 9.17) is 16.7 Å². The van der Waals surface area contributed by atoms with Crippen molar-refractivity contribution in [3.8, 4) is 0 Å². The van der Waals surface area contributed by atoms with E-state index in [1.165, 1.54) is 11.8 Å². The van der Waals surface area contributed by atoms with E-state index in [9.17, 15) is 4.79 Å². The molecule has 1 aromatic heterocycles. The SMILES string of the molecule is CC(C)C(C)Cn1c(SCC(=O)O)nc2cccc(Cl)c21. The first kappa shape index (κ1) is 16.2. The summed E-state index contributed by atoms with van der Waals surface area (Å²) in [5.41, 5.74) is 1.70. The van der Waals surface area contributed by atoms with Crippen molar-refractivity contribution in [2.45, 2.75) is 32.5 Å². The van der Waals surface area contributed by atoms with Crippen molar-refractivity contribution in [3.63, 3.8) is 0 Å². The number of aromatic nitrogens is 2. The lowest BCUT2D eigenvalue weighted by molar-refractivity contribution is -0.133. The van der Waals surface area contributed by atoms with Crippen LogP contribution in [-0.4, -0.2) is 26.4 Å². The van der Waals surface area contributed by atoms with E-state index in [1.807, 2.05) is 18.2 Å². The van der Waals surface area contributed by atoms with Gasteiger partial charge in [-0.15, -0.1) is 0 Å².